The Labute approximate surface area is 171 Å². The van der Waals surface area contributed by atoms with Crippen LogP contribution in [-0.2, 0) is 16.0 Å². The molecule has 2 saturated heterocycles. The fraction of sp³-hybridized carbons (Fsp3) is 0.619. The van der Waals surface area contributed by atoms with Crippen molar-refractivity contribution in [1.82, 2.24) is 10.2 Å². The zero-order valence-corrected chi connectivity index (χ0v) is 16.9. The van der Waals surface area contributed by atoms with Gasteiger partial charge in [-0.25, -0.2) is 4.79 Å². The van der Waals surface area contributed by atoms with Gasteiger partial charge in [0.05, 0.1) is 6.54 Å². The van der Waals surface area contributed by atoms with Crippen molar-refractivity contribution in [2.75, 3.05) is 26.2 Å². The SMILES string of the molecule is CCC(C1CCNCC1)N1CC(COc2ccc(CC(N)C(=O)O)cc2)OC1=O. The van der Waals surface area contributed by atoms with Gasteiger partial charge < -0.3 is 30.5 Å². The van der Waals surface area contributed by atoms with Crippen molar-refractivity contribution in [3.8, 4) is 5.75 Å². The summed E-state index contributed by atoms with van der Waals surface area (Å²) in [7, 11) is 0. The molecule has 160 valence electrons. The van der Waals surface area contributed by atoms with Crippen molar-refractivity contribution < 1.29 is 24.2 Å². The quantitative estimate of drug-likeness (QED) is 0.572. The van der Waals surface area contributed by atoms with E-state index in [-0.39, 0.29) is 24.7 Å². The van der Waals surface area contributed by atoms with E-state index in [9.17, 15) is 9.59 Å². The van der Waals surface area contributed by atoms with Gasteiger partial charge in [0.15, 0.2) is 6.10 Å². The van der Waals surface area contributed by atoms with E-state index in [0.717, 1.165) is 37.9 Å². The molecule has 3 atom stereocenters. The number of amides is 1. The molecule has 1 aromatic carbocycles. The molecule has 0 radical (unpaired) electrons. The molecule has 0 saturated carbocycles. The van der Waals surface area contributed by atoms with Crippen molar-refractivity contribution in [2.24, 2.45) is 11.7 Å². The van der Waals surface area contributed by atoms with Gasteiger partial charge in [-0.2, -0.15) is 0 Å². The lowest BCUT2D eigenvalue weighted by Gasteiger charge is -2.35. The molecule has 1 aromatic rings. The summed E-state index contributed by atoms with van der Waals surface area (Å²) < 4.78 is 11.3. The molecule has 3 rings (SSSR count). The van der Waals surface area contributed by atoms with Crippen molar-refractivity contribution in [1.29, 1.82) is 0 Å². The van der Waals surface area contributed by atoms with E-state index in [4.69, 9.17) is 20.3 Å². The fourth-order valence-corrected chi connectivity index (χ4v) is 4.19. The van der Waals surface area contributed by atoms with Gasteiger partial charge in [0.2, 0.25) is 0 Å². The van der Waals surface area contributed by atoms with Gasteiger partial charge >= 0.3 is 12.1 Å². The summed E-state index contributed by atoms with van der Waals surface area (Å²) >= 11 is 0. The van der Waals surface area contributed by atoms with Crippen molar-refractivity contribution in [3.63, 3.8) is 0 Å². The Morgan fingerprint density at radius 2 is 2.03 bits per heavy atom. The standard InChI is InChI=1S/C21H31N3O5/c1-2-19(15-7-9-23-10-8-15)24-12-17(29-21(24)27)13-28-16-5-3-14(4-6-16)11-18(22)20(25)26/h3-6,15,17-19,23H,2,7-13,22H2,1H3,(H,25,26). The van der Waals surface area contributed by atoms with Gasteiger partial charge in [0.25, 0.3) is 0 Å². The molecule has 0 aliphatic carbocycles. The summed E-state index contributed by atoms with van der Waals surface area (Å²) in [6.07, 6.45) is 2.82. The van der Waals surface area contributed by atoms with Crippen LogP contribution in [0.3, 0.4) is 0 Å². The maximum Gasteiger partial charge on any atom is 0.410 e. The smallest absolute Gasteiger partial charge is 0.410 e. The summed E-state index contributed by atoms with van der Waals surface area (Å²) in [5, 5.41) is 12.3. The van der Waals surface area contributed by atoms with Crippen LogP contribution in [0, 0.1) is 5.92 Å². The van der Waals surface area contributed by atoms with Crippen molar-refractivity contribution in [2.45, 2.75) is 50.8 Å². The van der Waals surface area contributed by atoms with Crippen LogP contribution in [0.5, 0.6) is 5.75 Å². The summed E-state index contributed by atoms with van der Waals surface area (Å²) in [4.78, 5) is 25.1. The number of rotatable bonds is 9. The van der Waals surface area contributed by atoms with Crippen molar-refractivity contribution >= 4 is 12.1 Å². The third kappa shape index (κ3) is 5.61. The van der Waals surface area contributed by atoms with Crippen LogP contribution in [0.4, 0.5) is 4.79 Å². The second kappa shape index (κ2) is 9.93. The Morgan fingerprint density at radius 1 is 1.34 bits per heavy atom. The number of benzene rings is 1. The van der Waals surface area contributed by atoms with E-state index in [1.165, 1.54) is 0 Å². The largest absolute Gasteiger partial charge is 0.490 e. The number of ether oxygens (including phenoxy) is 2. The Kier molecular flexibility index (Phi) is 7.33. The highest BCUT2D eigenvalue weighted by atomic mass is 16.6. The molecule has 2 heterocycles. The van der Waals surface area contributed by atoms with Crippen LogP contribution in [0.2, 0.25) is 0 Å². The molecule has 2 aliphatic heterocycles. The van der Waals surface area contributed by atoms with Crippen LogP contribution in [0.1, 0.15) is 31.7 Å². The lowest BCUT2D eigenvalue weighted by atomic mass is 9.88. The van der Waals surface area contributed by atoms with Crippen LogP contribution in [0.25, 0.3) is 0 Å². The Morgan fingerprint density at radius 3 is 2.66 bits per heavy atom. The van der Waals surface area contributed by atoms with E-state index in [1.807, 2.05) is 4.90 Å². The molecule has 0 spiro atoms. The van der Waals surface area contributed by atoms with Crippen LogP contribution >= 0.6 is 0 Å². The van der Waals surface area contributed by atoms with Gasteiger partial charge in [-0.15, -0.1) is 0 Å². The zero-order chi connectivity index (χ0) is 20.8. The molecule has 0 aromatic heterocycles. The van der Waals surface area contributed by atoms with E-state index in [1.54, 1.807) is 24.3 Å². The first-order chi connectivity index (χ1) is 14.0. The monoisotopic (exact) mass is 405 g/mol. The highest BCUT2D eigenvalue weighted by molar-refractivity contribution is 5.73. The predicted molar refractivity (Wildman–Crippen MR) is 108 cm³/mol. The minimum atomic E-state index is -1.02. The Balaban J connectivity index is 1.50. The number of aliphatic carboxylic acids is 1. The van der Waals surface area contributed by atoms with Gasteiger partial charge in [-0.1, -0.05) is 19.1 Å². The maximum absolute atomic E-state index is 12.4. The average molecular weight is 405 g/mol. The molecule has 8 nitrogen and oxygen atoms in total. The van der Waals surface area contributed by atoms with Gasteiger partial charge in [-0.3, -0.25) is 4.79 Å². The highest BCUT2D eigenvalue weighted by Crippen LogP contribution is 2.27. The number of nitrogens with one attached hydrogen (secondary N) is 1. The van der Waals surface area contributed by atoms with Gasteiger partial charge in [0.1, 0.15) is 18.4 Å². The molecule has 0 bridgehead atoms. The first-order valence-electron chi connectivity index (χ1n) is 10.4. The van der Waals surface area contributed by atoms with E-state index in [0.29, 0.717) is 24.8 Å². The van der Waals surface area contributed by atoms with Gasteiger partial charge in [-0.05, 0) is 62.4 Å². The number of carbonyl (C=O) groups is 2. The van der Waals surface area contributed by atoms with Gasteiger partial charge in [0, 0.05) is 6.04 Å². The maximum atomic E-state index is 12.4. The third-order valence-corrected chi connectivity index (χ3v) is 5.78. The van der Waals surface area contributed by atoms with Crippen LogP contribution in [0.15, 0.2) is 24.3 Å². The number of carboxylic acids is 1. The summed E-state index contributed by atoms with van der Waals surface area (Å²) in [5.74, 6) is 0.142. The number of carbonyl (C=O) groups excluding carboxylic acids is 1. The topological polar surface area (TPSA) is 114 Å². The number of piperidine rings is 1. The predicted octanol–water partition coefficient (Wildman–Crippen LogP) is 1.62. The van der Waals surface area contributed by atoms with Crippen LogP contribution in [-0.4, -0.2) is 66.5 Å². The number of hydrogen-bond donors (Lipinski definition) is 3. The fourth-order valence-electron chi connectivity index (χ4n) is 4.19. The molecule has 4 N–H and O–H groups in total. The number of cyclic esters (lactones) is 1. The molecular weight excluding hydrogens is 374 g/mol. The number of nitrogens with zero attached hydrogens (tertiary/aromatic N) is 1. The highest BCUT2D eigenvalue weighted by Gasteiger charge is 2.39. The first-order valence-corrected chi connectivity index (χ1v) is 10.4. The first kappa shape index (κ1) is 21.4. The lowest BCUT2D eigenvalue weighted by Crippen LogP contribution is -2.45. The molecule has 1 amide bonds. The average Bonchev–Trinajstić information content (AvgIpc) is 3.09. The molecule has 29 heavy (non-hydrogen) atoms. The summed E-state index contributed by atoms with van der Waals surface area (Å²) in [6.45, 7) is 4.97. The number of hydrogen-bond acceptors (Lipinski definition) is 6. The second-order valence-corrected chi connectivity index (χ2v) is 7.82. The molecule has 2 aliphatic rings. The molecule has 3 unspecified atom stereocenters. The minimum absolute atomic E-state index is 0.215. The Bertz CT molecular complexity index is 690. The second-order valence-electron chi connectivity index (χ2n) is 7.82. The number of nitrogens with two attached hydrogens (primary N) is 1. The van der Waals surface area contributed by atoms with E-state index in [2.05, 4.69) is 12.2 Å². The lowest BCUT2D eigenvalue weighted by molar-refractivity contribution is -0.138. The third-order valence-electron chi connectivity index (χ3n) is 5.78. The molecule has 8 heteroatoms. The molecular formula is C21H31N3O5. The Hall–Kier alpha value is -2.32. The normalized spacial score (nSPS) is 22.2. The number of carboxylic acid groups (broad SMARTS) is 1. The van der Waals surface area contributed by atoms with E-state index < -0.39 is 12.0 Å². The van der Waals surface area contributed by atoms with Crippen LogP contribution < -0.4 is 15.8 Å². The van der Waals surface area contributed by atoms with E-state index >= 15 is 0 Å². The molecule has 2 fully saturated rings. The van der Waals surface area contributed by atoms with Crippen molar-refractivity contribution in [3.05, 3.63) is 29.8 Å². The zero-order valence-electron chi connectivity index (χ0n) is 16.9. The summed E-state index contributed by atoms with van der Waals surface area (Å²) in [5.41, 5.74) is 6.39. The minimum Gasteiger partial charge on any atom is -0.490 e. The summed E-state index contributed by atoms with van der Waals surface area (Å²) in [6, 6.07) is 6.46.